The molecule has 1 aliphatic rings. The number of piperidine rings is 1. The molecule has 1 saturated heterocycles. The minimum absolute atomic E-state index is 0.0729. The van der Waals surface area contributed by atoms with Gasteiger partial charge in [0, 0.05) is 45.6 Å². The van der Waals surface area contributed by atoms with Crippen molar-refractivity contribution in [2.45, 2.75) is 20.3 Å². The van der Waals surface area contributed by atoms with E-state index in [1.165, 1.54) is 0 Å². The standard InChI is InChI=1S/C18H30N4O3/c1-13-7-17(20-14(2)19-13)18(24)22-10-15(8-16(11-22)12-23)9-21(3)5-6-25-4/h7,15-16,23H,5-6,8-12H2,1-4H3/t15-,16+/m0/s1. The van der Waals surface area contributed by atoms with Crippen molar-refractivity contribution in [2.75, 3.05) is 53.6 Å². The summed E-state index contributed by atoms with van der Waals surface area (Å²) in [5, 5.41) is 9.65. The average molecular weight is 350 g/mol. The van der Waals surface area contributed by atoms with E-state index < -0.39 is 0 Å². The minimum Gasteiger partial charge on any atom is -0.396 e. The van der Waals surface area contributed by atoms with Crippen molar-refractivity contribution in [2.24, 2.45) is 11.8 Å². The molecule has 0 bridgehead atoms. The SMILES string of the molecule is COCCN(C)C[C@@H]1C[C@@H](CO)CN(C(=O)c2cc(C)nc(C)n2)C1. The first-order valence-corrected chi connectivity index (χ1v) is 8.82. The van der Waals surface area contributed by atoms with E-state index in [0.717, 1.165) is 25.2 Å². The van der Waals surface area contributed by atoms with E-state index in [1.54, 1.807) is 20.1 Å². The Balaban J connectivity index is 2.06. The van der Waals surface area contributed by atoms with Crippen LogP contribution in [0.4, 0.5) is 0 Å². The molecule has 1 N–H and O–H groups in total. The summed E-state index contributed by atoms with van der Waals surface area (Å²) >= 11 is 0. The van der Waals surface area contributed by atoms with Gasteiger partial charge in [0.2, 0.25) is 0 Å². The quantitative estimate of drug-likeness (QED) is 0.781. The maximum absolute atomic E-state index is 12.9. The maximum atomic E-state index is 12.9. The number of methoxy groups -OCH3 is 1. The lowest BCUT2D eigenvalue weighted by molar-refractivity contribution is 0.0445. The van der Waals surface area contributed by atoms with Gasteiger partial charge >= 0.3 is 0 Å². The van der Waals surface area contributed by atoms with Gasteiger partial charge in [-0.25, -0.2) is 9.97 Å². The number of aliphatic hydroxyl groups is 1. The summed E-state index contributed by atoms with van der Waals surface area (Å²) in [6.45, 7) is 7.46. The van der Waals surface area contributed by atoms with E-state index in [2.05, 4.69) is 21.9 Å². The number of ether oxygens (including phenoxy) is 1. The van der Waals surface area contributed by atoms with Crippen molar-refractivity contribution >= 4 is 5.91 Å². The zero-order valence-corrected chi connectivity index (χ0v) is 15.7. The van der Waals surface area contributed by atoms with Crippen molar-refractivity contribution in [3.05, 3.63) is 23.3 Å². The number of likely N-dealkylation sites (tertiary alicyclic amines) is 1. The highest BCUT2D eigenvalue weighted by atomic mass is 16.5. The molecule has 0 saturated carbocycles. The molecule has 0 radical (unpaired) electrons. The first-order chi connectivity index (χ1) is 11.9. The number of amides is 1. The molecule has 2 heterocycles. The van der Waals surface area contributed by atoms with Crippen LogP contribution >= 0.6 is 0 Å². The fourth-order valence-corrected chi connectivity index (χ4v) is 3.52. The molecule has 140 valence electrons. The van der Waals surface area contributed by atoms with Crippen molar-refractivity contribution in [3.63, 3.8) is 0 Å². The number of likely N-dealkylation sites (N-methyl/N-ethyl adjacent to an activating group) is 1. The zero-order chi connectivity index (χ0) is 18.4. The highest BCUT2D eigenvalue weighted by Crippen LogP contribution is 2.23. The topological polar surface area (TPSA) is 78.8 Å². The van der Waals surface area contributed by atoms with Crippen molar-refractivity contribution < 1.29 is 14.6 Å². The Morgan fingerprint density at radius 2 is 2.08 bits per heavy atom. The zero-order valence-electron chi connectivity index (χ0n) is 15.7. The molecule has 7 heteroatoms. The van der Waals surface area contributed by atoms with Gasteiger partial charge in [-0.2, -0.15) is 0 Å². The molecule has 25 heavy (non-hydrogen) atoms. The highest BCUT2D eigenvalue weighted by Gasteiger charge is 2.31. The van der Waals surface area contributed by atoms with Crippen LogP contribution in [0, 0.1) is 25.7 Å². The lowest BCUT2D eigenvalue weighted by Gasteiger charge is -2.38. The van der Waals surface area contributed by atoms with E-state index in [-0.39, 0.29) is 18.4 Å². The molecule has 0 spiro atoms. The number of aryl methyl sites for hydroxylation is 2. The van der Waals surface area contributed by atoms with Gasteiger partial charge in [0.25, 0.3) is 5.91 Å². The summed E-state index contributed by atoms with van der Waals surface area (Å²) in [5.74, 6) is 0.981. The van der Waals surface area contributed by atoms with Crippen LogP contribution < -0.4 is 0 Å². The van der Waals surface area contributed by atoms with Crippen LogP contribution in [0.2, 0.25) is 0 Å². The fourth-order valence-electron chi connectivity index (χ4n) is 3.52. The van der Waals surface area contributed by atoms with Crippen LogP contribution in [0.25, 0.3) is 0 Å². The number of hydrogen-bond donors (Lipinski definition) is 1. The molecule has 7 nitrogen and oxygen atoms in total. The van der Waals surface area contributed by atoms with E-state index in [1.807, 2.05) is 11.8 Å². The van der Waals surface area contributed by atoms with Gasteiger partial charge in [-0.1, -0.05) is 0 Å². The number of carbonyl (C=O) groups is 1. The van der Waals surface area contributed by atoms with Crippen LogP contribution in [0.3, 0.4) is 0 Å². The average Bonchev–Trinajstić information content (AvgIpc) is 2.58. The Morgan fingerprint density at radius 3 is 2.72 bits per heavy atom. The van der Waals surface area contributed by atoms with Gasteiger partial charge in [0.15, 0.2) is 0 Å². The molecule has 0 aromatic carbocycles. The Hall–Kier alpha value is -1.57. The molecule has 0 aliphatic carbocycles. The summed E-state index contributed by atoms with van der Waals surface area (Å²) in [4.78, 5) is 25.5. The van der Waals surface area contributed by atoms with Crippen molar-refractivity contribution in [3.8, 4) is 0 Å². The van der Waals surface area contributed by atoms with Crippen LogP contribution in [0.15, 0.2) is 6.07 Å². The van der Waals surface area contributed by atoms with Crippen molar-refractivity contribution in [1.29, 1.82) is 0 Å². The molecule has 1 amide bonds. The number of aromatic nitrogens is 2. The van der Waals surface area contributed by atoms with Gasteiger partial charge < -0.3 is 19.6 Å². The molecule has 2 atom stereocenters. The van der Waals surface area contributed by atoms with E-state index in [4.69, 9.17) is 4.74 Å². The normalized spacial score (nSPS) is 21.0. The number of hydrogen-bond acceptors (Lipinski definition) is 6. The highest BCUT2D eigenvalue weighted by molar-refractivity contribution is 5.92. The minimum atomic E-state index is -0.0729. The number of aliphatic hydroxyl groups excluding tert-OH is 1. The fraction of sp³-hybridized carbons (Fsp3) is 0.722. The predicted molar refractivity (Wildman–Crippen MR) is 95.5 cm³/mol. The summed E-state index contributed by atoms with van der Waals surface area (Å²) in [5.41, 5.74) is 1.23. The molecule has 1 aromatic heterocycles. The lowest BCUT2D eigenvalue weighted by atomic mass is 9.89. The van der Waals surface area contributed by atoms with Crippen LogP contribution in [-0.2, 0) is 4.74 Å². The second-order valence-corrected chi connectivity index (χ2v) is 7.06. The van der Waals surface area contributed by atoms with Crippen LogP contribution in [-0.4, -0.2) is 84.3 Å². The monoisotopic (exact) mass is 350 g/mol. The van der Waals surface area contributed by atoms with Crippen LogP contribution in [0.1, 0.15) is 28.4 Å². The second kappa shape index (κ2) is 9.22. The third kappa shape index (κ3) is 5.73. The Kier molecular flexibility index (Phi) is 7.28. The summed E-state index contributed by atoms with van der Waals surface area (Å²) in [6, 6.07) is 1.73. The third-order valence-electron chi connectivity index (χ3n) is 4.60. The van der Waals surface area contributed by atoms with E-state index >= 15 is 0 Å². The molecule has 1 fully saturated rings. The maximum Gasteiger partial charge on any atom is 0.272 e. The Morgan fingerprint density at radius 1 is 1.36 bits per heavy atom. The molecular formula is C18H30N4O3. The van der Waals surface area contributed by atoms with Gasteiger partial charge in [-0.15, -0.1) is 0 Å². The predicted octanol–water partition coefficient (Wildman–Crippen LogP) is 0.742. The lowest BCUT2D eigenvalue weighted by Crippen LogP contribution is -2.48. The van der Waals surface area contributed by atoms with E-state index in [0.29, 0.717) is 37.1 Å². The molecular weight excluding hydrogens is 320 g/mol. The molecule has 0 unspecified atom stereocenters. The molecule has 1 aliphatic heterocycles. The summed E-state index contributed by atoms with van der Waals surface area (Å²) < 4.78 is 5.12. The van der Waals surface area contributed by atoms with E-state index in [9.17, 15) is 9.90 Å². The molecule has 1 aromatic rings. The first kappa shape index (κ1) is 19.8. The molecule has 2 rings (SSSR count). The summed E-state index contributed by atoms with van der Waals surface area (Å²) in [6.07, 6.45) is 0.930. The second-order valence-electron chi connectivity index (χ2n) is 7.06. The van der Waals surface area contributed by atoms with Crippen LogP contribution in [0.5, 0.6) is 0 Å². The van der Waals surface area contributed by atoms with Crippen molar-refractivity contribution in [1.82, 2.24) is 19.8 Å². The summed E-state index contributed by atoms with van der Waals surface area (Å²) in [7, 11) is 3.76. The van der Waals surface area contributed by atoms with Gasteiger partial charge in [-0.05, 0) is 45.2 Å². The number of nitrogens with zero attached hydrogens (tertiary/aromatic N) is 4. The third-order valence-corrected chi connectivity index (χ3v) is 4.60. The smallest absolute Gasteiger partial charge is 0.272 e. The van der Waals surface area contributed by atoms with Gasteiger partial charge in [-0.3, -0.25) is 4.79 Å². The largest absolute Gasteiger partial charge is 0.396 e. The first-order valence-electron chi connectivity index (χ1n) is 8.82. The number of carbonyl (C=O) groups excluding carboxylic acids is 1. The van der Waals surface area contributed by atoms with Gasteiger partial charge in [0.05, 0.1) is 6.61 Å². The number of rotatable bonds is 7. The van der Waals surface area contributed by atoms with Gasteiger partial charge in [0.1, 0.15) is 11.5 Å². The Labute approximate surface area is 150 Å². The Bertz CT molecular complexity index is 561.